The molecule has 0 N–H and O–H groups in total. The van der Waals surface area contributed by atoms with Gasteiger partial charge in [0.25, 0.3) is 0 Å². The van der Waals surface area contributed by atoms with Crippen molar-refractivity contribution in [1.29, 1.82) is 0 Å². The Morgan fingerprint density at radius 1 is 0.323 bits per heavy atom. The average molecular weight is 909 g/mol. The second kappa shape index (κ2) is 53.7. The minimum Gasteiger partial charge on any atom is -0.462 e. The molecule has 0 spiro atoms. The molecule has 0 aromatic carbocycles. The molecular formula is C59H104O6. The molecule has 1 atom stereocenters. The molecule has 0 radical (unpaired) electrons. The summed E-state index contributed by atoms with van der Waals surface area (Å²) in [6.07, 6.45) is 66.4. The number of carbonyl (C=O) groups is 3. The smallest absolute Gasteiger partial charge is 0.306 e. The van der Waals surface area contributed by atoms with Crippen molar-refractivity contribution in [2.24, 2.45) is 0 Å². The largest absolute Gasteiger partial charge is 0.462 e. The molecule has 0 fully saturated rings. The van der Waals surface area contributed by atoms with Gasteiger partial charge in [-0.15, -0.1) is 0 Å². The average Bonchev–Trinajstić information content (AvgIpc) is 3.30. The van der Waals surface area contributed by atoms with Crippen LogP contribution in [0.5, 0.6) is 0 Å². The van der Waals surface area contributed by atoms with Gasteiger partial charge in [-0.2, -0.15) is 0 Å². The first-order valence-corrected chi connectivity index (χ1v) is 27.8. The first-order valence-electron chi connectivity index (χ1n) is 27.8. The third-order valence-electron chi connectivity index (χ3n) is 12.0. The van der Waals surface area contributed by atoms with Gasteiger partial charge < -0.3 is 14.2 Å². The number of allylic oxidation sites excluding steroid dienone is 10. The quantitative estimate of drug-likeness (QED) is 0.0262. The van der Waals surface area contributed by atoms with E-state index in [1.54, 1.807) is 0 Å². The molecule has 376 valence electrons. The molecule has 6 heteroatoms. The maximum absolute atomic E-state index is 12.8. The summed E-state index contributed by atoms with van der Waals surface area (Å²) < 4.78 is 16.8. The Hall–Kier alpha value is -2.89. The molecule has 0 saturated carbocycles. The second-order valence-electron chi connectivity index (χ2n) is 18.5. The molecule has 0 aromatic heterocycles. The maximum atomic E-state index is 12.8. The van der Waals surface area contributed by atoms with E-state index in [2.05, 4.69) is 81.5 Å². The first-order chi connectivity index (χ1) is 32.0. The highest BCUT2D eigenvalue weighted by molar-refractivity contribution is 5.71. The Kier molecular flexibility index (Phi) is 51.3. The summed E-state index contributed by atoms with van der Waals surface area (Å²) in [6, 6.07) is 0. The standard InChI is InChI=1S/C59H104O6/c1-4-7-10-13-16-19-22-25-27-29-31-32-34-37-40-43-46-49-52-58(61)64-55-56(54-63-57(60)51-48-45-42-39-36-24-21-18-15-12-9-6-3)65-59(62)53-50-47-44-41-38-35-33-30-28-26-23-20-17-14-11-8-5-2/h9,12,17-18,20-21,26,28,36,39,56H,4-8,10-11,13-16,19,22-25,27,29-35,37-38,40-55H2,1-3H3/b12-9-,20-17-,21-18-,28-26-,39-36-. The molecule has 1 unspecified atom stereocenters. The molecule has 0 aliphatic carbocycles. The van der Waals surface area contributed by atoms with Crippen LogP contribution in [-0.2, 0) is 28.6 Å². The van der Waals surface area contributed by atoms with Crippen LogP contribution in [0.1, 0.15) is 278 Å². The summed E-state index contributed by atoms with van der Waals surface area (Å²) in [6.45, 7) is 6.48. The lowest BCUT2D eigenvalue weighted by Gasteiger charge is -2.18. The summed E-state index contributed by atoms with van der Waals surface area (Å²) in [7, 11) is 0. The summed E-state index contributed by atoms with van der Waals surface area (Å²) in [4.78, 5) is 38.0. The fourth-order valence-electron chi connectivity index (χ4n) is 7.84. The van der Waals surface area contributed by atoms with Crippen molar-refractivity contribution in [3.05, 3.63) is 60.8 Å². The highest BCUT2D eigenvalue weighted by Crippen LogP contribution is 2.16. The number of hydrogen-bond donors (Lipinski definition) is 0. The molecule has 0 aliphatic rings. The predicted octanol–water partition coefficient (Wildman–Crippen LogP) is 18.4. The monoisotopic (exact) mass is 909 g/mol. The summed E-state index contributed by atoms with van der Waals surface area (Å²) in [5.74, 6) is -0.927. The number of rotatable bonds is 50. The van der Waals surface area contributed by atoms with Crippen molar-refractivity contribution in [1.82, 2.24) is 0 Å². The number of esters is 3. The lowest BCUT2D eigenvalue weighted by Crippen LogP contribution is -2.30. The minimum absolute atomic E-state index is 0.0873. The van der Waals surface area contributed by atoms with E-state index in [9.17, 15) is 14.4 Å². The second-order valence-corrected chi connectivity index (χ2v) is 18.5. The van der Waals surface area contributed by atoms with Crippen LogP contribution in [0.4, 0.5) is 0 Å². The van der Waals surface area contributed by atoms with E-state index < -0.39 is 6.10 Å². The van der Waals surface area contributed by atoms with Gasteiger partial charge in [0.1, 0.15) is 13.2 Å². The van der Waals surface area contributed by atoms with E-state index in [1.807, 2.05) is 0 Å². The molecule has 0 amide bonds. The molecule has 0 bridgehead atoms. The van der Waals surface area contributed by atoms with Crippen LogP contribution in [0.15, 0.2) is 60.8 Å². The van der Waals surface area contributed by atoms with Crippen molar-refractivity contribution < 1.29 is 28.6 Å². The topological polar surface area (TPSA) is 78.9 Å². The Balaban J connectivity index is 4.37. The fraction of sp³-hybridized carbons (Fsp3) is 0.780. The Bertz CT molecular complexity index is 1180. The molecule has 0 rings (SSSR count). The zero-order chi connectivity index (χ0) is 47.2. The van der Waals surface area contributed by atoms with Crippen LogP contribution in [-0.4, -0.2) is 37.2 Å². The summed E-state index contributed by atoms with van der Waals surface area (Å²) in [5, 5.41) is 0. The predicted molar refractivity (Wildman–Crippen MR) is 279 cm³/mol. The number of ether oxygens (including phenoxy) is 3. The van der Waals surface area contributed by atoms with Crippen LogP contribution in [0.3, 0.4) is 0 Å². The molecule has 0 saturated heterocycles. The normalized spacial score (nSPS) is 12.5. The highest BCUT2D eigenvalue weighted by atomic mass is 16.6. The van der Waals surface area contributed by atoms with E-state index in [4.69, 9.17) is 14.2 Å². The van der Waals surface area contributed by atoms with Gasteiger partial charge in [-0.25, -0.2) is 0 Å². The van der Waals surface area contributed by atoms with E-state index in [0.29, 0.717) is 19.3 Å². The highest BCUT2D eigenvalue weighted by Gasteiger charge is 2.19. The van der Waals surface area contributed by atoms with Crippen LogP contribution >= 0.6 is 0 Å². The zero-order valence-electron chi connectivity index (χ0n) is 43.0. The number of carbonyl (C=O) groups excluding carboxylic acids is 3. The van der Waals surface area contributed by atoms with Crippen LogP contribution in [0.25, 0.3) is 0 Å². The summed E-state index contributed by atoms with van der Waals surface area (Å²) in [5.41, 5.74) is 0. The van der Waals surface area contributed by atoms with Crippen molar-refractivity contribution in [2.45, 2.75) is 284 Å². The number of hydrogen-bond acceptors (Lipinski definition) is 6. The van der Waals surface area contributed by atoms with Gasteiger partial charge in [0.2, 0.25) is 0 Å². The van der Waals surface area contributed by atoms with Crippen molar-refractivity contribution >= 4 is 17.9 Å². The van der Waals surface area contributed by atoms with Gasteiger partial charge >= 0.3 is 17.9 Å². The third kappa shape index (κ3) is 51.9. The van der Waals surface area contributed by atoms with Gasteiger partial charge in [-0.05, 0) is 83.5 Å². The van der Waals surface area contributed by atoms with Crippen molar-refractivity contribution in [3.63, 3.8) is 0 Å². The van der Waals surface area contributed by atoms with Crippen molar-refractivity contribution in [2.75, 3.05) is 13.2 Å². The van der Waals surface area contributed by atoms with E-state index in [1.165, 1.54) is 148 Å². The van der Waals surface area contributed by atoms with E-state index >= 15 is 0 Å². The SMILES string of the molecule is CC/C=C\C/C=C\C/C=C\CCCCC(=O)OCC(COC(=O)CCCCCCCCCCCCCCCCCCCC)OC(=O)CCCCCCCCC/C=C\C/C=C\CCCCC. The first kappa shape index (κ1) is 62.1. The van der Waals surface area contributed by atoms with Gasteiger partial charge in [-0.1, -0.05) is 236 Å². The Morgan fingerprint density at radius 3 is 1.00 bits per heavy atom. The van der Waals surface area contributed by atoms with Crippen LogP contribution < -0.4 is 0 Å². The molecule has 65 heavy (non-hydrogen) atoms. The lowest BCUT2D eigenvalue weighted by molar-refractivity contribution is -0.167. The zero-order valence-corrected chi connectivity index (χ0v) is 43.0. The van der Waals surface area contributed by atoms with E-state index in [-0.39, 0.29) is 31.1 Å². The minimum atomic E-state index is -0.792. The van der Waals surface area contributed by atoms with E-state index in [0.717, 1.165) is 89.9 Å². The molecular weight excluding hydrogens is 805 g/mol. The van der Waals surface area contributed by atoms with Crippen molar-refractivity contribution in [3.8, 4) is 0 Å². The van der Waals surface area contributed by atoms with Gasteiger partial charge in [-0.3, -0.25) is 14.4 Å². The van der Waals surface area contributed by atoms with Crippen LogP contribution in [0.2, 0.25) is 0 Å². The van der Waals surface area contributed by atoms with Gasteiger partial charge in [0.15, 0.2) is 6.10 Å². The maximum Gasteiger partial charge on any atom is 0.306 e. The molecule has 0 heterocycles. The lowest BCUT2D eigenvalue weighted by atomic mass is 10.0. The molecule has 0 aromatic rings. The van der Waals surface area contributed by atoms with Gasteiger partial charge in [0.05, 0.1) is 0 Å². The van der Waals surface area contributed by atoms with Gasteiger partial charge in [0, 0.05) is 19.3 Å². The van der Waals surface area contributed by atoms with Crippen LogP contribution in [0, 0.1) is 0 Å². The fourth-order valence-corrected chi connectivity index (χ4v) is 7.84. The Morgan fingerprint density at radius 2 is 0.600 bits per heavy atom. The number of unbranched alkanes of at least 4 members (excludes halogenated alkanes) is 29. The molecule has 6 nitrogen and oxygen atoms in total. The Labute approximate surface area is 402 Å². The summed E-state index contributed by atoms with van der Waals surface area (Å²) >= 11 is 0. The molecule has 0 aliphatic heterocycles. The third-order valence-corrected chi connectivity index (χ3v) is 12.0.